The van der Waals surface area contributed by atoms with Gasteiger partial charge in [0, 0.05) is 0 Å². The third-order valence-electron chi connectivity index (χ3n) is 2.44. The van der Waals surface area contributed by atoms with Crippen molar-refractivity contribution in [1.29, 1.82) is 0 Å². The number of amides is 2. The number of imide groups is 1. The van der Waals surface area contributed by atoms with E-state index in [2.05, 4.69) is 0 Å². The first kappa shape index (κ1) is 17.0. The molecule has 2 amide bonds. The SMILES string of the molecule is Cc1ccc(CN(C(=O)C(F)(F)F)C(=O)C(F)(F)F)cc1. The zero-order valence-electron chi connectivity index (χ0n) is 10.5. The van der Waals surface area contributed by atoms with Gasteiger partial charge in [0.05, 0.1) is 6.54 Å². The topological polar surface area (TPSA) is 37.4 Å². The van der Waals surface area contributed by atoms with Gasteiger partial charge in [-0.2, -0.15) is 26.3 Å². The van der Waals surface area contributed by atoms with Crippen LogP contribution in [-0.2, 0) is 16.1 Å². The third-order valence-corrected chi connectivity index (χ3v) is 2.44. The van der Waals surface area contributed by atoms with Gasteiger partial charge in [-0.25, -0.2) is 0 Å². The van der Waals surface area contributed by atoms with E-state index in [-0.39, 0.29) is 5.56 Å². The van der Waals surface area contributed by atoms with Crippen LogP contribution in [-0.4, -0.2) is 29.1 Å². The second-order valence-electron chi connectivity index (χ2n) is 4.18. The Kier molecular flexibility index (Phi) is 4.65. The molecule has 0 saturated carbocycles. The lowest BCUT2D eigenvalue weighted by atomic mass is 10.1. The summed E-state index contributed by atoms with van der Waals surface area (Å²) in [7, 11) is 0. The Hall–Kier alpha value is -2.06. The Morgan fingerprint density at radius 3 is 1.62 bits per heavy atom. The van der Waals surface area contributed by atoms with Crippen LogP contribution in [0.1, 0.15) is 11.1 Å². The number of halogens is 6. The van der Waals surface area contributed by atoms with Crippen LogP contribution < -0.4 is 0 Å². The van der Waals surface area contributed by atoms with Gasteiger partial charge in [-0.05, 0) is 12.5 Å². The van der Waals surface area contributed by atoms with Crippen molar-refractivity contribution in [1.82, 2.24) is 4.90 Å². The fraction of sp³-hybridized carbons (Fsp3) is 0.333. The lowest BCUT2D eigenvalue weighted by molar-refractivity contribution is -0.204. The second-order valence-corrected chi connectivity index (χ2v) is 4.18. The van der Waals surface area contributed by atoms with Crippen LogP contribution in [0.15, 0.2) is 24.3 Å². The molecule has 1 aromatic carbocycles. The Balaban J connectivity index is 3.11. The maximum absolute atomic E-state index is 12.3. The van der Waals surface area contributed by atoms with E-state index in [1.54, 1.807) is 6.92 Å². The molecule has 0 fully saturated rings. The Morgan fingerprint density at radius 1 is 0.905 bits per heavy atom. The molecule has 1 rings (SSSR count). The summed E-state index contributed by atoms with van der Waals surface area (Å²) < 4.78 is 73.8. The summed E-state index contributed by atoms with van der Waals surface area (Å²) in [5, 5.41) is 0. The van der Waals surface area contributed by atoms with Crippen molar-refractivity contribution in [2.75, 3.05) is 0 Å². The van der Waals surface area contributed by atoms with Crippen molar-refractivity contribution < 1.29 is 35.9 Å². The number of carbonyl (C=O) groups excluding carboxylic acids is 2. The summed E-state index contributed by atoms with van der Waals surface area (Å²) in [6.07, 6.45) is -11.2. The number of aryl methyl sites for hydroxylation is 1. The minimum absolute atomic E-state index is 0.0317. The van der Waals surface area contributed by atoms with Crippen molar-refractivity contribution in [3.8, 4) is 0 Å². The number of hydrogen-bond donors (Lipinski definition) is 0. The predicted octanol–water partition coefficient (Wildman–Crippen LogP) is 2.97. The van der Waals surface area contributed by atoms with Crippen LogP contribution in [0.4, 0.5) is 26.3 Å². The van der Waals surface area contributed by atoms with Gasteiger partial charge in [-0.1, -0.05) is 29.8 Å². The van der Waals surface area contributed by atoms with Crippen LogP contribution >= 0.6 is 0 Å². The fourth-order valence-corrected chi connectivity index (χ4v) is 1.42. The Morgan fingerprint density at radius 2 is 1.29 bits per heavy atom. The molecule has 0 radical (unpaired) electrons. The van der Waals surface area contributed by atoms with Crippen LogP contribution in [0, 0.1) is 6.92 Å². The van der Waals surface area contributed by atoms with Crippen LogP contribution in [0.3, 0.4) is 0 Å². The maximum atomic E-state index is 12.3. The van der Waals surface area contributed by atoms with E-state index in [9.17, 15) is 35.9 Å². The van der Waals surface area contributed by atoms with E-state index in [1.807, 2.05) is 0 Å². The zero-order chi connectivity index (χ0) is 16.4. The van der Waals surface area contributed by atoms with Crippen molar-refractivity contribution in [2.24, 2.45) is 0 Å². The van der Waals surface area contributed by atoms with Gasteiger partial charge in [0.2, 0.25) is 0 Å². The van der Waals surface area contributed by atoms with E-state index in [0.29, 0.717) is 0 Å². The molecular weight excluding hydrogens is 304 g/mol. The normalized spacial score (nSPS) is 12.1. The molecule has 21 heavy (non-hydrogen) atoms. The molecule has 0 unspecified atom stereocenters. The second kappa shape index (κ2) is 5.74. The van der Waals surface area contributed by atoms with E-state index in [0.717, 1.165) is 5.56 Å². The lowest BCUT2D eigenvalue weighted by Gasteiger charge is -2.23. The van der Waals surface area contributed by atoms with Gasteiger partial charge in [0.15, 0.2) is 0 Å². The van der Waals surface area contributed by atoms with E-state index < -0.39 is 35.6 Å². The number of carbonyl (C=O) groups is 2. The summed E-state index contributed by atoms with van der Waals surface area (Å²) in [5.41, 5.74) is 0.686. The van der Waals surface area contributed by atoms with Gasteiger partial charge in [-0.3, -0.25) is 14.5 Å². The van der Waals surface area contributed by atoms with E-state index in [1.165, 1.54) is 24.3 Å². The average Bonchev–Trinajstić information content (AvgIpc) is 2.34. The minimum atomic E-state index is -5.58. The van der Waals surface area contributed by atoms with Crippen molar-refractivity contribution in [2.45, 2.75) is 25.8 Å². The summed E-state index contributed by atoms with van der Waals surface area (Å²) in [4.78, 5) is 21.2. The molecule has 0 aliphatic heterocycles. The highest BCUT2D eigenvalue weighted by Crippen LogP contribution is 2.25. The van der Waals surface area contributed by atoms with Crippen LogP contribution in [0.2, 0.25) is 0 Å². The standard InChI is InChI=1S/C12H9F6NO2/c1-7-2-4-8(5-3-7)6-19(9(20)11(13,14)15)10(21)12(16,17)18/h2-5H,6H2,1H3. The predicted molar refractivity (Wildman–Crippen MR) is 58.8 cm³/mol. The Bertz CT molecular complexity index is 506. The highest BCUT2D eigenvalue weighted by molar-refractivity contribution is 6.00. The molecule has 0 spiro atoms. The van der Waals surface area contributed by atoms with Crippen molar-refractivity contribution in [3.05, 3.63) is 35.4 Å². The van der Waals surface area contributed by atoms with Crippen molar-refractivity contribution >= 4 is 11.8 Å². The number of rotatable bonds is 2. The summed E-state index contributed by atoms with van der Waals surface area (Å²) >= 11 is 0. The van der Waals surface area contributed by atoms with Crippen LogP contribution in [0.5, 0.6) is 0 Å². The van der Waals surface area contributed by atoms with Crippen molar-refractivity contribution in [3.63, 3.8) is 0 Å². The molecule has 0 atom stereocenters. The first-order valence-corrected chi connectivity index (χ1v) is 5.48. The molecule has 116 valence electrons. The molecule has 1 aromatic rings. The van der Waals surface area contributed by atoms with Gasteiger partial charge in [-0.15, -0.1) is 0 Å². The highest BCUT2D eigenvalue weighted by Gasteiger charge is 2.51. The van der Waals surface area contributed by atoms with E-state index >= 15 is 0 Å². The molecule has 0 saturated heterocycles. The summed E-state index contributed by atoms with van der Waals surface area (Å²) in [5.74, 6) is -5.71. The summed E-state index contributed by atoms with van der Waals surface area (Å²) in [6.45, 7) is 0.542. The maximum Gasteiger partial charge on any atom is 0.471 e. The van der Waals surface area contributed by atoms with Crippen LogP contribution in [0.25, 0.3) is 0 Å². The monoisotopic (exact) mass is 313 g/mol. The molecule has 0 heterocycles. The number of alkyl halides is 6. The third kappa shape index (κ3) is 4.47. The molecule has 0 bridgehead atoms. The minimum Gasteiger partial charge on any atom is -0.264 e. The average molecular weight is 313 g/mol. The van der Waals surface area contributed by atoms with Gasteiger partial charge in [0.25, 0.3) is 0 Å². The first-order valence-electron chi connectivity index (χ1n) is 5.48. The van der Waals surface area contributed by atoms with Gasteiger partial charge >= 0.3 is 24.2 Å². The zero-order valence-corrected chi connectivity index (χ0v) is 10.5. The number of benzene rings is 1. The van der Waals surface area contributed by atoms with Gasteiger partial charge in [0.1, 0.15) is 0 Å². The fourth-order valence-electron chi connectivity index (χ4n) is 1.42. The first-order chi connectivity index (χ1) is 9.43. The number of nitrogens with zero attached hydrogens (tertiary/aromatic N) is 1. The molecule has 3 nitrogen and oxygen atoms in total. The molecule has 9 heteroatoms. The Labute approximate surface area is 115 Å². The summed E-state index contributed by atoms with van der Waals surface area (Å²) in [6, 6.07) is 5.33. The largest absolute Gasteiger partial charge is 0.471 e. The highest BCUT2D eigenvalue weighted by atomic mass is 19.4. The number of hydrogen-bond acceptors (Lipinski definition) is 2. The lowest BCUT2D eigenvalue weighted by Crippen LogP contribution is -2.49. The molecule has 0 aliphatic rings. The molecule has 0 aromatic heterocycles. The smallest absolute Gasteiger partial charge is 0.264 e. The quantitative estimate of drug-likeness (QED) is 0.787. The van der Waals surface area contributed by atoms with E-state index in [4.69, 9.17) is 0 Å². The molecule has 0 N–H and O–H groups in total. The molecular formula is C12H9F6NO2. The van der Waals surface area contributed by atoms with Gasteiger partial charge < -0.3 is 0 Å². The molecule has 0 aliphatic carbocycles.